The Morgan fingerprint density at radius 3 is 2.48 bits per heavy atom. The second-order valence-corrected chi connectivity index (χ2v) is 5.20. The number of hydrogen-bond donors (Lipinski definition) is 0. The summed E-state index contributed by atoms with van der Waals surface area (Å²) in [6.07, 6.45) is 1.04. The summed E-state index contributed by atoms with van der Waals surface area (Å²) in [6.45, 7) is 6.65. The maximum Gasteiger partial charge on any atom is 0.338 e. The lowest BCUT2D eigenvalue weighted by atomic mass is 9.84. The highest BCUT2D eigenvalue weighted by Gasteiger charge is 2.36. The zero-order valence-corrected chi connectivity index (χ0v) is 12.6. The highest BCUT2D eigenvalue weighted by molar-refractivity contribution is 5.89. The maximum atomic E-state index is 11.5. The van der Waals surface area contributed by atoms with E-state index in [1.54, 1.807) is 31.2 Å². The number of carbonyl (C=O) groups excluding carboxylic acids is 1. The SMILES string of the molecule is CCOC(=O)c1ccc(OCOCC2(CC)COC2)cc1. The molecule has 0 saturated carbocycles. The summed E-state index contributed by atoms with van der Waals surface area (Å²) in [7, 11) is 0. The number of benzene rings is 1. The fourth-order valence-electron chi connectivity index (χ4n) is 2.05. The van der Waals surface area contributed by atoms with Crippen LogP contribution in [0.1, 0.15) is 30.6 Å². The standard InChI is InChI=1S/C16H22O5/c1-3-16(9-18-10-16)11-19-12-21-14-7-5-13(6-8-14)15(17)20-4-2/h5-8H,3-4,9-12H2,1-2H3. The molecule has 0 aromatic heterocycles. The fourth-order valence-corrected chi connectivity index (χ4v) is 2.05. The van der Waals surface area contributed by atoms with Gasteiger partial charge in [-0.3, -0.25) is 0 Å². The highest BCUT2D eigenvalue weighted by atomic mass is 16.7. The molecular formula is C16H22O5. The van der Waals surface area contributed by atoms with Gasteiger partial charge < -0.3 is 18.9 Å². The van der Waals surface area contributed by atoms with E-state index in [9.17, 15) is 4.79 Å². The molecular weight excluding hydrogens is 272 g/mol. The first-order valence-corrected chi connectivity index (χ1v) is 7.24. The van der Waals surface area contributed by atoms with Crippen molar-refractivity contribution >= 4 is 5.97 Å². The molecule has 0 atom stereocenters. The van der Waals surface area contributed by atoms with E-state index in [-0.39, 0.29) is 18.2 Å². The molecule has 1 fully saturated rings. The minimum absolute atomic E-state index is 0.164. The predicted octanol–water partition coefficient (Wildman–Crippen LogP) is 2.64. The molecule has 21 heavy (non-hydrogen) atoms. The summed E-state index contributed by atoms with van der Waals surface area (Å²) in [5.41, 5.74) is 0.679. The second kappa shape index (κ2) is 7.43. The summed E-state index contributed by atoms with van der Waals surface area (Å²) in [5, 5.41) is 0. The molecule has 0 bridgehead atoms. The molecule has 0 N–H and O–H groups in total. The molecule has 1 saturated heterocycles. The average Bonchev–Trinajstić information content (AvgIpc) is 2.47. The van der Waals surface area contributed by atoms with E-state index < -0.39 is 0 Å². The van der Waals surface area contributed by atoms with E-state index >= 15 is 0 Å². The van der Waals surface area contributed by atoms with Gasteiger partial charge in [0.1, 0.15) is 5.75 Å². The summed E-state index contributed by atoms with van der Waals surface area (Å²) < 4.78 is 21.2. The van der Waals surface area contributed by atoms with Crippen LogP contribution in [0.15, 0.2) is 24.3 Å². The first-order chi connectivity index (χ1) is 10.2. The number of rotatable bonds is 8. The third-order valence-electron chi connectivity index (χ3n) is 3.65. The fraction of sp³-hybridized carbons (Fsp3) is 0.562. The van der Waals surface area contributed by atoms with E-state index in [0.29, 0.717) is 24.5 Å². The largest absolute Gasteiger partial charge is 0.468 e. The van der Waals surface area contributed by atoms with E-state index in [2.05, 4.69) is 6.92 Å². The van der Waals surface area contributed by atoms with Crippen molar-refractivity contribution in [1.82, 2.24) is 0 Å². The number of ether oxygens (including phenoxy) is 4. The van der Waals surface area contributed by atoms with Crippen LogP contribution in [0.4, 0.5) is 0 Å². The molecule has 1 aliphatic rings. The Kier molecular flexibility index (Phi) is 5.59. The third-order valence-corrected chi connectivity index (χ3v) is 3.65. The molecule has 1 heterocycles. The van der Waals surface area contributed by atoms with Crippen LogP contribution < -0.4 is 4.74 Å². The van der Waals surface area contributed by atoms with Gasteiger partial charge in [0.15, 0.2) is 6.79 Å². The van der Waals surface area contributed by atoms with Gasteiger partial charge in [-0.1, -0.05) is 6.92 Å². The molecule has 1 aromatic carbocycles. The lowest BCUT2D eigenvalue weighted by molar-refractivity contribution is -0.162. The Morgan fingerprint density at radius 2 is 1.95 bits per heavy atom. The number of carbonyl (C=O) groups is 1. The van der Waals surface area contributed by atoms with Crippen molar-refractivity contribution < 1.29 is 23.7 Å². The zero-order valence-electron chi connectivity index (χ0n) is 12.6. The van der Waals surface area contributed by atoms with Gasteiger partial charge in [-0.25, -0.2) is 4.79 Å². The van der Waals surface area contributed by atoms with Gasteiger partial charge in [0.2, 0.25) is 0 Å². The lowest BCUT2D eigenvalue weighted by Gasteiger charge is -2.40. The van der Waals surface area contributed by atoms with E-state index in [0.717, 1.165) is 19.6 Å². The molecule has 1 aliphatic heterocycles. The summed E-state index contributed by atoms with van der Waals surface area (Å²) in [4.78, 5) is 11.5. The van der Waals surface area contributed by atoms with Crippen molar-refractivity contribution in [3.05, 3.63) is 29.8 Å². The van der Waals surface area contributed by atoms with Crippen LogP contribution in [0.25, 0.3) is 0 Å². The Balaban J connectivity index is 1.72. The lowest BCUT2D eigenvalue weighted by Crippen LogP contribution is -2.45. The van der Waals surface area contributed by atoms with Gasteiger partial charge in [0.25, 0.3) is 0 Å². The Bertz CT molecular complexity index is 445. The highest BCUT2D eigenvalue weighted by Crippen LogP contribution is 2.31. The minimum atomic E-state index is -0.324. The van der Waals surface area contributed by atoms with E-state index in [1.165, 1.54) is 0 Å². The summed E-state index contributed by atoms with van der Waals surface area (Å²) >= 11 is 0. The quantitative estimate of drug-likeness (QED) is 0.419. The molecule has 0 unspecified atom stereocenters. The Labute approximate surface area is 125 Å². The van der Waals surface area contributed by atoms with Crippen LogP contribution in [-0.4, -0.2) is 39.2 Å². The van der Waals surface area contributed by atoms with Gasteiger partial charge >= 0.3 is 5.97 Å². The van der Waals surface area contributed by atoms with Crippen LogP contribution in [0, 0.1) is 5.41 Å². The van der Waals surface area contributed by atoms with Crippen molar-refractivity contribution in [2.75, 3.05) is 33.2 Å². The maximum absolute atomic E-state index is 11.5. The molecule has 0 amide bonds. The Morgan fingerprint density at radius 1 is 1.24 bits per heavy atom. The summed E-state index contributed by atoms with van der Waals surface area (Å²) in [5.74, 6) is 0.341. The minimum Gasteiger partial charge on any atom is -0.468 e. The van der Waals surface area contributed by atoms with Crippen molar-refractivity contribution in [1.29, 1.82) is 0 Å². The van der Waals surface area contributed by atoms with Crippen molar-refractivity contribution in [3.8, 4) is 5.75 Å². The molecule has 2 rings (SSSR count). The first-order valence-electron chi connectivity index (χ1n) is 7.24. The van der Waals surface area contributed by atoms with Crippen molar-refractivity contribution in [3.63, 3.8) is 0 Å². The van der Waals surface area contributed by atoms with Crippen LogP contribution in [0.2, 0.25) is 0 Å². The van der Waals surface area contributed by atoms with Gasteiger partial charge in [0.05, 0.1) is 32.0 Å². The first kappa shape index (κ1) is 15.8. The second-order valence-electron chi connectivity index (χ2n) is 5.20. The normalized spacial score (nSPS) is 16.1. The number of hydrogen-bond acceptors (Lipinski definition) is 5. The van der Waals surface area contributed by atoms with Crippen molar-refractivity contribution in [2.24, 2.45) is 5.41 Å². The molecule has 0 spiro atoms. The van der Waals surface area contributed by atoms with E-state index in [1.807, 2.05) is 0 Å². The topological polar surface area (TPSA) is 54.0 Å². The molecule has 1 aromatic rings. The van der Waals surface area contributed by atoms with E-state index in [4.69, 9.17) is 18.9 Å². The monoisotopic (exact) mass is 294 g/mol. The van der Waals surface area contributed by atoms with Crippen LogP contribution in [0.3, 0.4) is 0 Å². The third kappa shape index (κ3) is 4.19. The van der Waals surface area contributed by atoms with Gasteiger partial charge in [0, 0.05) is 5.41 Å². The van der Waals surface area contributed by atoms with Gasteiger partial charge in [-0.15, -0.1) is 0 Å². The smallest absolute Gasteiger partial charge is 0.338 e. The van der Waals surface area contributed by atoms with Crippen molar-refractivity contribution in [2.45, 2.75) is 20.3 Å². The van der Waals surface area contributed by atoms with Crippen LogP contribution >= 0.6 is 0 Å². The Hall–Kier alpha value is -1.59. The molecule has 5 nitrogen and oxygen atoms in total. The molecule has 0 aliphatic carbocycles. The predicted molar refractivity (Wildman–Crippen MR) is 77.4 cm³/mol. The zero-order chi connectivity index (χ0) is 15.1. The van der Waals surface area contributed by atoms with Crippen LogP contribution in [0.5, 0.6) is 5.75 Å². The van der Waals surface area contributed by atoms with Gasteiger partial charge in [-0.2, -0.15) is 0 Å². The van der Waals surface area contributed by atoms with Gasteiger partial charge in [-0.05, 0) is 37.6 Å². The molecule has 5 heteroatoms. The number of esters is 1. The van der Waals surface area contributed by atoms with Crippen LogP contribution in [-0.2, 0) is 14.2 Å². The average molecular weight is 294 g/mol. The molecule has 0 radical (unpaired) electrons. The summed E-state index contributed by atoms with van der Waals surface area (Å²) in [6, 6.07) is 6.83. The molecule has 116 valence electrons.